The van der Waals surface area contributed by atoms with E-state index < -0.39 is 12.1 Å². The molecule has 1 unspecified atom stereocenters. The van der Waals surface area contributed by atoms with Gasteiger partial charge in [-0.15, -0.1) is 0 Å². The van der Waals surface area contributed by atoms with Crippen LogP contribution >= 0.6 is 11.6 Å². The van der Waals surface area contributed by atoms with Crippen LogP contribution in [0.15, 0.2) is 78.9 Å². The van der Waals surface area contributed by atoms with Crippen molar-refractivity contribution in [2.24, 2.45) is 0 Å². The first-order valence-electron chi connectivity index (χ1n) is 12.1. The zero-order valence-corrected chi connectivity index (χ0v) is 20.6. The van der Waals surface area contributed by atoms with Gasteiger partial charge in [0.2, 0.25) is 11.8 Å². The molecule has 0 radical (unpaired) electrons. The molecule has 7 nitrogen and oxygen atoms in total. The summed E-state index contributed by atoms with van der Waals surface area (Å²) in [7, 11) is 0. The zero-order valence-electron chi connectivity index (χ0n) is 19.9. The van der Waals surface area contributed by atoms with Crippen LogP contribution in [0.2, 0.25) is 5.02 Å². The van der Waals surface area contributed by atoms with Crippen molar-refractivity contribution in [1.29, 1.82) is 0 Å². The summed E-state index contributed by atoms with van der Waals surface area (Å²) in [6, 6.07) is 22.5. The predicted molar refractivity (Wildman–Crippen MR) is 143 cm³/mol. The van der Waals surface area contributed by atoms with E-state index in [9.17, 15) is 14.4 Å². The molecule has 1 heterocycles. The summed E-state index contributed by atoms with van der Waals surface area (Å²) in [6.07, 6.45) is 3.51. The summed E-state index contributed by atoms with van der Waals surface area (Å²) in [6.45, 7) is 0.707. The highest BCUT2D eigenvalue weighted by Crippen LogP contribution is 2.23. The number of amides is 4. The molecule has 186 valence electrons. The lowest BCUT2D eigenvalue weighted by Gasteiger charge is -2.27. The van der Waals surface area contributed by atoms with Crippen molar-refractivity contribution >= 4 is 46.5 Å². The molecule has 1 saturated heterocycles. The maximum atomic E-state index is 13.2. The molecule has 8 heteroatoms. The predicted octanol–water partition coefficient (Wildman–Crippen LogP) is 5.62. The Balaban J connectivity index is 1.41. The summed E-state index contributed by atoms with van der Waals surface area (Å²) < 4.78 is 0. The average Bonchev–Trinajstić information content (AvgIpc) is 2.89. The minimum atomic E-state index is -0.763. The average molecular weight is 505 g/mol. The third-order valence-electron chi connectivity index (χ3n) is 6.06. The summed E-state index contributed by atoms with van der Waals surface area (Å²) in [5, 5.41) is 8.99. The largest absolute Gasteiger partial charge is 0.326 e. The van der Waals surface area contributed by atoms with Gasteiger partial charge >= 0.3 is 6.03 Å². The van der Waals surface area contributed by atoms with Crippen molar-refractivity contribution < 1.29 is 14.4 Å². The number of rotatable bonds is 8. The van der Waals surface area contributed by atoms with Crippen LogP contribution in [-0.2, 0) is 16.0 Å². The first-order chi connectivity index (χ1) is 17.5. The molecule has 36 heavy (non-hydrogen) atoms. The number of urea groups is 1. The molecule has 3 aromatic rings. The van der Waals surface area contributed by atoms with Crippen LogP contribution in [0, 0.1) is 0 Å². The number of benzene rings is 3. The Labute approximate surface area is 215 Å². The van der Waals surface area contributed by atoms with Gasteiger partial charge in [0.25, 0.3) is 0 Å². The second-order valence-electron chi connectivity index (χ2n) is 8.72. The van der Waals surface area contributed by atoms with Gasteiger partial charge in [-0.2, -0.15) is 0 Å². The van der Waals surface area contributed by atoms with Crippen molar-refractivity contribution in [1.82, 2.24) is 5.32 Å². The van der Waals surface area contributed by atoms with Crippen molar-refractivity contribution in [3.8, 4) is 0 Å². The molecule has 3 aromatic carbocycles. The van der Waals surface area contributed by atoms with E-state index in [2.05, 4.69) is 16.0 Å². The van der Waals surface area contributed by atoms with Gasteiger partial charge in [0.1, 0.15) is 6.04 Å². The number of aryl methyl sites for hydroxylation is 1. The Morgan fingerprint density at radius 1 is 0.861 bits per heavy atom. The normalized spacial score (nSPS) is 14.1. The minimum Gasteiger partial charge on any atom is -0.326 e. The SMILES string of the molecule is O=C(Nc1ccc(Cl)cc1)NC(CCc1ccccc1)C(=O)Nc1ccc(N2CCCCC2=O)cc1. The molecule has 1 atom stereocenters. The molecule has 0 aromatic heterocycles. The summed E-state index contributed by atoms with van der Waals surface area (Å²) >= 11 is 5.91. The van der Waals surface area contributed by atoms with Crippen LogP contribution < -0.4 is 20.9 Å². The fraction of sp³-hybridized carbons (Fsp3) is 0.250. The van der Waals surface area contributed by atoms with Gasteiger partial charge < -0.3 is 20.9 Å². The molecule has 3 N–H and O–H groups in total. The molecule has 0 aliphatic carbocycles. The van der Waals surface area contributed by atoms with Crippen molar-refractivity contribution in [2.45, 2.75) is 38.1 Å². The van der Waals surface area contributed by atoms with Gasteiger partial charge in [0.15, 0.2) is 0 Å². The number of anilines is 3. The Kier molecular flexibility index (Phi) is 8.57. The lowest BCUT2D eigenvalue weighted by Crippen LogP contribution is -2.45. The van der Waals surface area contributed by atoms with Crippen LogP contribution in [-0.4, -0.2) is 30.4 Å². The van der Waals surface area contributed by atoms with E-state index in [0.29, 0.717) is 42.2 Å². The number of hydrogen-bond donors (Lipinski definition) is 3. The lowest BCUT2D eigenvalue weighted by atomic mass is 10.0. The van der Waals surface area contributed by atoms with Crippen molar-refractivity contribution in [3.05, 3.63) is 89.4 Å². The number of hydrogen-bond acceptors (Lipinski definition) is 3. The van der Waals surface area contributed by atoms with E-state index in [-0.39, 0.29) is 11.8 Å². The molecule has 1 aliphatic heterocycles. The highest BCUT2D eigenvalue weighted by Gasteiger charge is 2.22. The second kappa shape index (κ2) is 12.2. The highest BCUT2D eigenvalue weighted by molar-refractivity contribution is 6.30. The molecular weight excluding hydrogens is 476 g/mol. The number of carbonyl (C=O) groups is 3. The van der Waals surface area contributed by atoms with Gasteiger partial charge in [-0.25, -0.2) is 4.79 Å². The molecule has 0 bridgehead atoms. The zero-order chi connectivity index (χ0) is 25.3. The molecule has 0 saturated carbocycles. The van der Waals surface area contributed by atoms with E-state index in [1.54, 1.807) is 41.3 Å². The van der Waals surface area contributed by atoms with Gasteiger partial charge in [0, 0.05) is 35.1 Å². The maximum Gasteiger partial charge on any atom is 0.319 e. The molecule has 1 fully saturated rings. The summed E-state index contributed by atoms with van der Waals surface area (Å²) in [4.78, 5) is 39.8. The third-order valence-corrected chi connectivity index (χ3v) is 6.31. The van der Waals surface area contributed by atoms with Crippen LogP contribution in [0.3, 0.4) is 0 Å². The molecule has 4 rings (SSSR count). The van der Waals surface area contributed by atoms with Gasteiger partial charge in [0.05, 0.1) is 0 Å². The molecule has 0 spiro atoms. The second-order valence-corrected chi connectivity index (χ2v) is 9.16. The van der Waals surface area contributed by atoms with Crippen molar-refractivity contribution in [3.63, 3.8) is 0 Å². The molecule has 1 aliphatic rings. The maximum absolute atomic E-state index is 13.2. The first-order valence-corrected chi connectivity index (χ1v) is 12.4. The number of piperidine rings is 1. The van der Waals surface area contributed by atoms with E-state index in [4.69, 9.17) is 11.6 Å². The minimum absolute atomic E-state index is 0.120. The number of halogens is 1. The Bertz CT molecular complexity index is 1180. The Morgan fingerprint density at radius 2 is 1.53 bits per heavy atom. The number of carbonyl (C=O) groups excluding carboxylic acids is 3. The van der Waals surface area contributed by atoms with E-state index in [0.717, 1.165) is 24.1 Å². The van der Waals surface area contributed by atoms with Gasteiger partial charge in [-0.05, 0) is 79.8 Å². The van der Waals surface area contributed by atoms with Crippen LogP contribution in [0.25, 0.3) is 0 Å². The van der Waals surface area contributed by atoms with E-state index in [1.165, 1.54) is 0 Å². The monoisotopic (exact) mass is 504 g/mol. The fourth-order valence-electron chi connectivity index (χ4n) is 4.12. The highest BCUT2D eigenvalue weighted by atomic mass is 35.5. The lowest BCUT2D eigenvalue weighted by molar-refractivity contribution is -0.119. The number of nitrogens with one attached hydrogen (secondary N) is 3. The van der Waals surface area contributed by atoms with Crippen molar-refractivity contribution in [2.75, 3.05) is 22.1 Å². The third kappa shape index (κ3) is 7.09. The summed E-state index contributed by atoms with van der Waals surface area (Å²) in [5.74, 6) is -0.200. The first kappa shape index (κ1) is 25.3. The van der Waals surface area contributed by atoms with Crippen LogP contribution in [0.1, 0.15) is 31.2 Å². The Hall–Kier alpha value is -3.84. The molecular formula is C28H29ClN4O3. The van der Waals surface area contributed by atoms with Gasteiger partial charge in [-0.3, -0.25) is 9.59 Å². The summed E-state index contributed by atoms with van der Waals surface area (Å²) in [5.41, 5.74) is 3.06. The fourth-order valence-corrected chi connectivity index (χ4v) is 4.24. The van der Waals surface area contributed by atoms with Crippen LogP contribution in [0.4, 0.5) is 21.9 Å². The van der Waals surface area contributed by atoms with E-state index in [1.807, 2.05) is 42.5 Å². The standard InChI is InChI=1S/C28H29ClN4O3/c29-21-10-12-23(13-11-21)31-28(36)32-25(18-9-20-6-2-1-3-7-20)27(35)30-22-14-16-24(17-15-22)33-19-5-4-8-26(33)34/h1-3,6-7,10-17,25H,4-5,8-9,18-19H2,(H,30,35)(H2,31,32,36). The number of nitrogens with zero attached hydrogens (tertiary/aromatic N) is 1. The molecule has 4 amide bonds. The quantitative estimate of drug-likeness (QED) is 0.372. The smallest absolute Gasteiger partial charge is 0.319 e. The van der Waals surface area contributed by atoms with E-state index >= 15 is 0 Å². The van der Waals surface area contributed by atoms with Crippen LogP contribution in [0.5, 0.6) is 0 Å². The Morgan fingerprint density at radius 3 is 2.22 bits per heavy atom. The van der Waals surface area contributed by atoms with Gasteiger partial charge in [-0.1, -0.05) is 41.9 Å². The topological polar surface area (TPSA) is 90.5 Å².